The van der Waals surface area contributed by atoms with E-state index >= 15 is 0 Å². The molecule has 0 aliphatic carbocycles. The van der Waals surface area contributed by atoms with Crippen LogP contribution in [0.25, 0.3) is 0 Å². The number of sulfonamides is 1. The molecule has 1 unspecified atom stereocenters. The molecule has 0 saturated heterocycles. The van der Waals surface area contributed by atoms with Crippen molar-refractivity contribution < 1.29 is 27.5 Å². The number of carbonyl (C=O) groups excluding carboxylic acids is 2. The predicted molar refractivity (Wildman–Crippen MR) is 141 cm³/mol. The molecular formula is C26H37N3O6S. The number of rotatable bonds is 14. The standard InChI is InChI=1S/C26H37N3O6S/c1-6-24(26(31)27-3)28(19-20-10-8-11-23(18-20)34-4)25(30)12-9-17-29(36(5,32)33)21-13-15-22(16-14-21)35-7-2/h8,10-11,13-16,18,24H,6-7,9,12,17,19H2,1-5H3,(H,27,31). The molecule has 2 rings (SSSR count). The third-order valence-corrected chi connectivity index (χ3v) is 6.90. The molecule has 36 heavy (non-hydrogen) atoms. The van der Waals surface area contributed by atoms with E-state index in [1.165, 1.54) is 4.31 Å². The van der Waals surface area contributed by atoms with E-state index < -0.39 is 16.1 Å². The molecule has 0 heterocycles. The van der Waals surface area contributed by atoms with Gasteiger partial charge in [0.1, 0.15) is 17.5 Å². The van der Waals surface area contributed by atoms with Crippen LogP contribution in [-0.2, 0) is 26.2 Å². The quantitative estimate of drug-likeness (QED) is 0.411. The van der Waals surface area contributed by atoms with E-state index in [9.17, 15) is 18.0 Å². The second-order valence-electron chi connectivity index (χ2n) is 8.28. The molecule has 10 heteroatoms. The van der Waals surface area contributed by atoms with E-state index in [2.05, 4.69) is 5.32 Å². The largest absolute Gasteiger partial charge is 0.497 e. The van der Waals surface area contributed by atoms with Gasteiger partial charge in [-0.2, -0.15) is 0 Å². The molecule has 0 bridgehead atoms. The highest BCUT2D eigenvalue weighted by Crippen LogP contribution is 2.23. The lowest BCUT2D eigenvalue weighted by molar-refractivity contribution is -0.141. The maximum absolute atomic E-state index is 13.3. The Hall–Kier alpha value is -3.27. The summed E-state index contributed by atoms with van der Waals surface area (Å²) in [6.07, 6.45) is 1.95. The monoisotopic (exact) mass is 519 g/mol. The van der Waals surface area contributed by atoms with Crippen molar-refractivity contribution in [2.45, 2.75) is 45.7 Å². The zero-order valence-corrected chi connectivity index (χ0v) is 22.5. The van der Waals surface area contributed by atoms with Gasteiger partial charge in [0.05, 0.1) is 25.7 Å². The van der Waals surface area contributed by atoms with Crippen LogP contribution in [0.2, 0.25) is 0 Å². The molecule has 0 aromatic heterocycles. The molecule has 1 N–H and O–H groups in total. The molecule has 198 valence electrons. The summed E-state index contributed by atoms with van der Waals surface area (Å²) in [4.78, 5) is 27.4. The Labute approximate surface area is 214 Å². The maximum atomic E-state index is 13.3. The van der Waals surface area contributed by atoms with Gasteiger partial charge in [0, 0.05) is 26.6 Å². The summed E-state index contributed by atoms with van der Waals surface area (Å²) in [7, 11) is -0.456. The first-order valence-electron chi connectivity index (χ1n) is 12.0. The zero-order chi connectivity index (χ0) is 26.7. The van der Waals surface area contributed by atoms with Gasteiger partial charge in [-0.1, -0.05) is 19.1 Å². The molecule has 0 saturated carbocycles. The number of methoxy groups -OCH3 is 1. The third-order valence-electron chi connectivity index (χ3n) is 5.71. The molecular weight excluding hydrogens is 482 g/mol. The van der Waals surface area contributed by atoms with Crippen molar-refractivity contribution in [2.24, 2.45) is 0 Å². The summed E-state index contributed by atoms with van der Waals surface area (Å²) in [5.74, 6) is 0.833. The second kappa shape index (κ2) is 13.7. The molecule has 2 aromatic rings. The lowest BCUT2D eigenvalue weighted by atomic mass is 10.1. The summed E-state index contributed by atoms with van der Waals surface area (Å²) in [5.41, 5.74) is 1.33. The van der Waals surface area contributed by atoms with Crippen LogP contribution in [0.4, 0.5) is 5.69 Å². The van der Waals surface area contributed by atoms with E-state index in [0.717, 1.165) is 11.8 Å². The van der Waals surface area contributed by atoms with Crippen LogP contribution in [-0.4, -0.2) is 64.7 Å². The number of hydrogen-bond acceptors (Lipinski definition) is 6. The van der Waals surface area contributed by atoms with Crippen LogP contribution in [0.3, 0.4) is 0 Å². The summed E-state index contributed by atoms with van der Waals surface area (Å²) in [5, 5.41) is 2.63. The predicted octanol–water partition coefficient (Wildman–Crippen LogP) is 3.19. The average Bonchev–Trinajstić information content (AvgIpc) is 2.86. The molecule has 0 radical (unpaired) electrons. The Morgan fingerprint density at radius 3 is 2.31 bits per heavy atom. The summed E-state index contributed by atoms with van der Waals surface area (Å²) in [6.45, 7) is 4.60. The number of carbonyl (C=O) groups is 2. The number of nitrogens with zero attached hydrogens (tertiary/aromatic N) is 2. The Kier molecular flexibility index (Phi) is 11.0. The van der Waals surface area contributed by atoms with Gasteiger partial charge < -0.3 is 19.7 Å². The van der Waals surface area contributed by atoms with Crippen molar-refractivity contribution >= 4 is 27.5 Å². The molecule has 0 fully saturated rings. The average molecular weight is 520 g/mol. The SMILES string of the molecule is CCOc1ccc(N(CCCC(=O)N(Cc2cccc(OC)c2)C(CC)C(=O)NC)S(C)(=O)=O)cc1. The number of benzene rings is 2. The minimum absolute atomic E-state index is 0.0838. The molecule has 2 amide bonds. The van der Waals surface area contributed by atoms with Crippen LogP contribution in [0.5, 0.6) is 11.5 Å². The fourth-order valence-corrected chi connectivity index (χ4v) is 4.90. The fourth-order valence-electron chi connectivity index (χ4n) is 3.93. The van der Waals surface area contributed by atoms with Crippen molar-refractivity contribution in [3.05, 3.63) is 54.1 Å². The highest BCUT2D eigenvalue weighted by atomic mass is 32.2. The van der Waals surface area contributed by atoms with Crippen LogP contribution in [0.1, 0.15) is 38.7 Å². The van der Waals surface area contributed by atoms with Gasteiger partial charge in [-0.3, -0.25) is 13.9 Å². The minimum Gasteiger partial charge on any atom is -0.497 e. The van der Waals surface area contributed by atoms with Crippen LogP contribution >= 0.6 is 0 Å². The van der Waals surface area contributed by atoms with Crippen LogP contribution in [0, 0.1) is 0 Å². The molecule has 1 atom stereocenters. The molecule has 0 aliphatic rings. The van der Waals surface area contributed by atoms with Gasteiger partial charge in [-0.05, 0) is 61.7 Å². The lowest BCUT2D eigenvalue weighted by Crippen LogP contribution is -2.48. The van der Waals surface area contributed by atoms with Crippen molar-refractivity contribution in [3.8, 4) is 11.5 Å². The van der Waals surface area contributed by atoms with Crippen molar-refractivity contribution in [3.63, 3.8) is 0 Å². The third kappa shape index (κ3) is 8.15. The minimum atomic E-state index is -3.57. The number of ether oxygens (including phenoxy) is 2. The van der Waals surface area contributed by atoms with E-state index in [4.69, 9.17) is 9.47 Å². The molecule has 2 aromatic carbocycles. The highest BCUT2D eigenvalue weighted by Gasteiger charge is 2.28. The normalized spacial score (nSPS) is 11.9. The lowest BCUT2D eigenvalue weighted by Gasteiger charge is -2.31. The number of hydrogen-bond donors (Lipinski definition) is 1. The Morgan fingerprint density at radius 1 is 1.06 bits per heavy atom. The van der Waals surface area contributed by atoms with Crippen molar-refractivity contribution in [1.82, 2.24) is 10.2 Å². The van der Waals surface area contributed by atoms with Crippen LogP contribution in [0.15, 0.2) is 48.5 Å². The van der Waals surface area contributed by atoms with E-state index in [-0.39, 0.29) is 37.7 Å². The fraction of sp³-hybridized carbons (Fsp3) is 0.462. The van der Waals surface area contributed by atoms with E-state index in [1.807, 2.05) is 38.1 Å². The van der Waals surface area contributed by atoms with Gasteiger partial charge >= 0.3 is 0 Å². The summed E-state index contributed by atoms with van der Waals surface area (Å²) >= 11 is 0. The first-order valence-corrected chi connectivity index (χ1v) is 13.8. The van der Waals surface area contributed by atoms with Gasteiger partial charge in [0.2, 0.25) is 21.8 Å². The van der Waals surface area contributed by atoms with E-state index in [0.29, 0.717) is 30.2 Å². The van der Waals surface area contributed by atoms with Gasteiger partial charge in [0.25, 0.3) is 0 Å². The van der Waals surface area contributed by atoms with E-state index in [1.54, 1.807) is 43.3 Å². The zero-order valence-electron chi connectivity index (χ0n) is 21.7. The summed E-state index contributed by atoms with van der Waals surface area (Å²) < 4.78 is 36.9. The van der Waals surface area contributed by atoms with Crippen molar-refractivity contribution in [1.29, 1.82) is 0 Å². The number of amides is 2. The molecule has 0 aliphatic heterocycles. The smallest absolute Gasteiger partial charge is 0.242 e. The number of nitrogens with one attached hydrogen (secondary N) is 1. The highest BCUT2D eigenvalue weighted by molar-refractivity contribution is 7.92. The Bertz CT molecular complexity index is 1100. The second-order valence-corrected chi connectivity index (χ2v) is 10.2. The van der Waals surface area contributed by atoms with Gasteiger partial charge in [-0.15, -0.1) is 0 Å². The first kappa shape index (κ1) is 29.0. The van der Waals surface area contributed by atoms with Gasteiger partial charge in [0.15, 0.2) is 0 Å². The molecule has 9 nitrogen and oxygen atoms in total. The summed E-state index contributed by atoms with van der Waals surface area (Å²) in [6, 6.07) is 13.5. The first-order chi connectivity index (χ1) is 17.1. The van der Waals surface area contributed by atoms with Crippen LogP contribution < -0.4 is 19.1 Å². The Balaban J connectivity index is 2.18. The number of anilines is 1. The number of likely N-dealkylation sites (N-methyl/N-ethyl adjacent to an activating group) is 1. The van der Waals surface area contributed by atoms with Gasteiger partial charge in [-0.25, -0.2) is 8.42 Å². The van der Waals surface area contributed by atoms with Crippen molar-refractivity contribution in [2.75, 3.05) is 37.9 Å². The topological polar surface area (TPSA) is 105 Å². The maximum Gasteiger partial charge on any atom is 0.242 e. The molecule has 0 spiro atoms. The Morgan fingerprint density at radius 2 is 1.75 bits per heavy atom.